The molecule has 0 saturated carbocycles. The van der Waals surface area contributed by atoms with E-state index < -0.39 is 0 Å². The van der Waals surface area contributed by atoms with Crippen LogP contribution in [0.3, 0.4) is 0 Å². The Kier molecular flexibility index (Phi) is 3.34. The predicted octanol–water partition coefficient (Wildman–Crippen LogP) is 2.55. The minimum Gasteiger partial charge on any atom is -0.353 e. The van der Waals surface area contributed by atoms with E-state index in [1.807, 2.05) is 0 Å². The highest BCUT2D eigenvalue weighted by Gasteiger charge is 2.27. The van der Waals surface area contributed by atoms with Crippen molar-refractivity contribution in [1.82, 2.24) is 19.0 Å². The second-order valence-corrected chi connectivity index (χ2v) is 6.54. The fourth-order valence-corrected chi connectivity index (χ4v) is 3.88. The second-order valence-electron chi connectivity index (χ2n) is 6.54. The topological polar surface area (TPSA) is 26.0 Å². The molecule has 4 heteroatoms. The Labute approximate surface area is 126 Å². The van der Waals surface area contributed by atoms with Crippen molar-refractivity contribution in [3.8, 4) is 0 Å². The fraction of sp³-hybridized carbons (Fsp3) is 0.588. The van der Waals surface area contributed by atoms with Gasteiger partial charge in [-0.05, 0) is 44.2 Å². The Morgan fingerprint density at radius 3 is 3.05 bits per heavy atom. The van der Waals surface area contributed by atoms with Gasteiger partial charge in [0.05, 0.1) is 12.0 Å². The van der Waals surface area contributed by atoms with Gasteiger partial charge in [-0.3, -0.25) is 4.90 Å². The Hall–Kier alpha value is -1.55. The van der Waals surface area contributed by atoms with Crippen LogP contribution in [0.1, 0.15) is 42.4 Å². The summed E-state index contributed by atoms with van der Waals surface area (Å²) in [6, 6.07) is 4.99. The molecule has 21 heavy (non-hydrogen) atoms. The van der Waals surface area contributed by atoms with E-state index in [0.717, 1.165) is 13.1 Å². The number of hydrogen-bond donors (Lipinski definition) is 0. The van der Waals surface area contributed by atoms with Crippen molar-refractivity contribution in [2.75, 3.05) is 13.1 Å². The molecule has 2 aromatic heterocycles. The summed E-state index contributed by atoms with van der Waals surface area (Å²) in [5.74, 6) is 0. The molecular formula is C17H24N4. The van der Waals surface area contributed by atoms with Crippen molar-refractivity contribution < 1.29 is 0 Å². The third-order valence-corrected chi connectivity index (χ3v) is 5.14. The number of rotatable bonds is 3. The molecule has 1 aliphatic carbocycles. The van der Waals surface area contributed by atoms with Gasteiger partial charge in [-0.15, -0.1) is 0 Å². The van der Waals surface area contributed by atoms with Gasteiger partial charge in [-0.2, -0.15) is 0 Å². The van der Waals surface area contributed by atoms with E-state index in [1.165, 1.54) is 55.7 Å². The minimum absolute atomic E-state index is 0.625. The van der Waals surface area contributed by atoms with Gasteiger partial charge >= 0.3 is 0 Å². The normalized spacial score (nSPS) is 22.6. The lowest BCUT2D eigenvalue weighted by atomic mass is 10.0. The van der Waals surface area contributed by atoms with Crippen LogP contribution in [0.25, 0.3) is 0 Å². The maximum Gasteiger partial charge on any atom is 0.0954 e. The molecule has 1 fully saturated rings. The molecule has 2 aliphatic rings. The SMILES string of the molecule is Cn1cccc1CN1CC[C@@H](n2cnc3c2CCCC3)C1. The lowest BCUT2D eigenvalue weighted by molar-refractivity contribution is 0.308. The zero-order valence-electron chi connectivity index (χ0n) is 12.8. The molecule has 2 aromatic rings. The number of hydrogen-bond acceptors (Lipinski definition) is 2. The highest BCUT2D eigenvalue weighted by molar-refractivity contribution is 5.18. The predicted molar refractivity (Wildman–Crippen MR) is 83.2 cm³/mol. The fourth-order valence-electron chi connectivity index (χ4n) is 3.88. The van der Waals surface area contributed by atoms with E-state index in [4.69, 9.17) is 0 Å². The standard InChI is InChI=1S/C17H24N4/c1-19-9-4-5-14(19)11-20-10-8-15(12-20)21-13-18-16-6-2-3-7-17(16)21/h4-5,9,13,15H,2-3,6-8,10-12H2,1H3/t15-/m1/s1. The van der Waals surface area contributed by atoms with Crippen LogP contribution in [0.4, 0.5) is 0 Å². The van der Waals surface area contributed by atoms with E-state index >= 15 is 0 Å². The first kappa shape index (κ1) is 13.1. The Morgan fingerprint density at radius 1 is 1.29 bits per heavy atom. The van der Waals surface area contributed by atoms with Gasteiger partial charge < -0.3 is 9.13 Å². The zero-order chi connectivity index (χ0) is 14.2. The van der Waals surface area contributed by atoms with Gasteiger partial charge in [0.25, 0.3) is 0 Å². The molecule has 112 valence electrons. The number of nitrogens with zero attached hydrogens (tertiary/aromatic N) is 4. The summed E-state index contributed by atoms with van der Waals surface area (Å²) in [4.78, 5) is 7.24. The monoisotopic (exact) mass is 284 g/mol. The van der Waals surface area contributed by atoms with Crippen LogP contribution in [-0.2, 0) is 26.4 Å². The molecule has 1 atom stereocenters. The van der Waals surface area contributed by atoms with E-state index in [0.29, 0.717) is 6.04 Å². The van der Waals surface area contributed by atoms with Crippen LogP contribution >= 0.6 is 0 Å². The highest BCUT2D eigenvalue weighted by atomic mass is 15.2. The van der Waals surface area contributed by atoms with Gasteiger partial charge in [0, 0.05) is 50.3 Å². The average molecular weight is 284 g/mol. The molecule has 0 amide bonds. The largest absolute Gasteiger partial charge is 0.353 e. The van der Waals surface area contributed by atoms with Crippen molar-refractivity contribution in [2.45, 2.75) is 44.7 Å². The lowest BCUT2D eigenvalue weighted by Crippen LogP contribution is -2.23. The Bertz CT molecular complexity index is 625. The van der Waals surface area contributed by atoms with Gasteiger partial charge in [0.2, 0.25) is 0 Å². The summed E-state index contributed by atoms with van der Waals surface area (Å²) in [5.41, 5.74) is 4.29. The molecule has 3 heterocycles. The summed E-state index contributed by atoms with van der Waals surface area (Å²) in [6.07, 6.45) is 10.5. The first-order valence-corrected chi connectivity index (χ1v) is 8.18. The molecule has 1 aliphatic heterocycles. The van der Waals surface area contributed by atoms with Gasteiger partial charge in [0.1, 0.15) is 0 Å². The molecule has 0 N–H and O–H groups in total. The van der Waals surface area contributed by atoms with Crippen LogP contribution in [-0.4, -0.2) is 32.1 Å². The maximum atomic E-state index is 4.66. The van der Waals surface area contributed by atoms with Crippen LogP contribution in [0, 0.1) is 0 Å². The van der Waals surface area contributed by atoms with Gasteiger partial charge in [0.15, 0.2) is 0 Å². The number of aromatic nitrogens is 3. The zero-order valence-corrected chi connectivity index (χ0v) is 12.8. The first-order chi connectivity index (χ1) is 10.3. The third kappa shape index (κ3) is 2.42. The van der Waals surface area contributed by atoms with Crippen molar-refractivity contribution in [1.29, 1.82) is 0 Å². The molecule has 0 bridgehead atoms. The smallest absolute Gasteiger partial charge is 0.0954 e. The molecule has 0 radical (unpaired) electrons. The molecular weight excluding hydrogens is 260 g/mol. The molecule has 1 saturated heterocycles. The lowest BCUT2D eigenvalue weighted by Gasteiger charge is -2.20. The summed E-state index contributed by atoms with van der Waals surface area (Å²) < 4.78 is 4.71. The third-order valence-electron chi connectivity index (χ3n) is 5.14. The van der Waals surface area contributed by atoms with Crippen molar-refractivity contribution in [3.05, 3.63) is 41.7 Å². The average Bonchev–Trinajstić information content (AvgIpc) is 3.20. The Balaban J connectivity index is 1.47. The van der Waals surface area contributed by atoms with Crippen LogP contribution in [0.5, 0.6) is 0 Å². The van der Waals surface area contributed by atoms with Crippen LogP contribution in [0.15, 0.2) is 24.7 Å². The summed E-state index contributed by atoms with van der Waals surface area (Å²) >= 11 is 0. The summed E-state index contributed by atoms with van der Waals surface area (Å²) in [6.45, 7) is 3.42. The first-order valence-electron chi connectivity index (χ1n) is 8.18. The Morgan fingerprint density at radius 2 is 2.19 bits per heavy atom. The maximum absolute atomic E-state index is 4.66. The van der Waals surface area contributed by atoms with E-state index in [-0.39, 0.29) is 0 Å². The molecule has 4 nitrogen and oxygen atoms in total. The number of imidazole rings is 1. The molecule has 0 spiro atoms. The number of fused-ring (bicyclic) bond motifs is 1. The quantitative estimate of drug-likeness (QED) is 0.866. The van der Waals surface area contributed by atoms with Gasteiger partial charge in [-0.25, -0.2) is 4.98 Å². The van der Waals surface area contributed by atoms with Crippen LogP contribution < -0.4 is 0 Å². The highest BCUT2D eigenvalue weighted by Crippen LogP contribution is 2.28. The van der Waals surface area contributed by atoms with Crippen molar-refractivity contribution in [2.24, 2.45) is 7.05 Å². The van der Waals surface area contributed by atoms with Crippen molar-refractivity contribution in [3.63, 3.8) is 0 Å². The molecule has 0 aromatic carbocycles. The van der Waals surface area contributed by atoms with Crippen molar-refractivity contribution >= 4 is 0 Å². The second kappa shape index (κ2) is 5.34. The van der Waals surface area contributed by atoms with Gasteiger partial charge in [-0.1, -0.05) is 0 Å². The minimum atomic E-state index is 0.625. The summed E-state index contributed by atoms with van der Waals surface area (Å²) in [7, 11) is 2.13. The van der Waals surface area contributed by atoms with E-state index in [1.54, 1.807) is 0 Å². The summed E-state index contributed by atoms with van der Waals surface area (Å²) in [5, 5.41) is 0. The van der Waals surface area contributed by atoms with E-state index in [9.17, 15) is 0 Å². The van der Waals surface area contributed by atoms with Crippen LogP contribution in [0.2, 0.25) is 0 Å². The molecule has 4 rings (SSSR count). The van der Waals surface area contributed by atoms with E-state index in [2.05, 4.69) is 50.7 Å². The number of aryl methyl sites for hydroxylation is 2. The number of likely N-dealkylation sites (tertiary alicyclic amines) is 1. The molecule has 0 unspecified atom stereocenters.